The van der Waals surface area contributed by atoms with Crippen LogP contribution in [0.4, 0.5) is 11.4 Å². The first-order valence-corrected chi connectivity index (χ1v) is 10.0. The van der Waals surface area contributed by atoms with E-state index in [4.69, 9.17) is 12.2 Å². The van der Waals surface area contributed by atoms with Gasteiger partial charge in [-0.2, -0.15) is 0 Å². The fourth-order valence-electron chi connectivity index (χ4n) is 2.84. The summed E-state index contributed by atoms with van der Waals surface area (Å²) in [6, 6.07) is 21.1. The Balaban J connectivity index is 1.60. The molecule has 30 heavy (non-hydrogen) atoms. The molecule has 0 aliphatic heterocycles. The maximum atomic E-state index is 12.3. The van der Waals surface area contributed by atoms with Crippen LogP contribution in [-0.2, 0) is 9.59 Å². The maximum absolute atomic E-state index is 12.3. The van der Waals surface area contributed by atoms with Gasteiger partial charge in [-0.3, -0.25) is 14.9 Å². The van der Waals surface area contributed by atoms with Crippen molar-refractivity contribution in [3.63, 3.8) is 0 Å². The van der Waals surface area contributed by atoms with Crippen LogP contribution >= 0.6 is 12.2 Å². The third-order valence-corrected chi connectivity index (χ3v) is 4.59. The van der Waals surface area contributed by atoms with Crippen molar-refractivity contribution in [1.82, 2.24) is 5.32 Å². The lowest BCUT2D eigenvalue weighted by Crippen LogP contribution is -2.32. The number of rotatable bonds is 5. The van der Waals surface area contributed by atoms with E-state index in [9.17, 15) is 9.59 Å². The largest absolute Gasteiger partial charge is 0.332 e. The van der Waals surface area contributed by atoms with Crippen LogP contribution in [0.25, 0.3) is 16.8 Å². The van der Waals surface area contributed by atoms with Gasteiger partial charge in [0.25, 0.3) is 0 Å². The van der Waals surface area contributed by atoms with Gasteiger partial charge in [-0.05, 0) is 52.8 Å². The summed E-state index contributed by atoms with van der Waals surface area (Å²) in [6.45, 7) is 3.65. The van der Waals surface area contributed by atoms with Crippen LogP contribution < -0.4 is 16.0 Å². The van der Waals surface area contributed by atoms with Gasteiger partial charge in [-0.25, -0.2) is 0 Å². The van der Waals surface area contributed by atoms with E-state index in [-0.39, 0.29) is 22.8 Å². The lowest BCUT2D eigenvalue weighted by Gasteiger charge is -2.11. The Hall–Kier alpha value is -3.51. The summed E-state index contributed by atoms with van der Waals surface area (Å²) in [6.07, 6.45) is 3.22. The Kier molecular flexibility index (Phi) is 6.93. The average molecular weight is 418 g/mol. The first kappa shape index (κ1) is 21.2. The van der Waals surface area contributed by atoms with E-state index in [2.05, 4.69) is 16.0 Å². The van der Waals surface area contributed by atoms with Gasteiger partial charge in [-0.1, -0.05) is 62.4 Å². The van der Waals surface area contributed by atoms with Crippen molar-refractivity contribution in [3.8, 4) is 0 Å². The molecular weight excluding hydrogens is 394 g/mol. The molecule has 0 spiro atoms. The van der Waals surface area contributed by atoms with Gasteiger partial charge in [-0.15, -0.1) is 0 Å². The molecule has 2 amide bonds. The molecule has 3 rings (SSSR count). The molecule has 0 aliphatic rings. The smallest absolute Gasteiger partial charge is 0.250 e. The second kappa shape index (κ2) is 9.80. The van der Waals surface area contributed by atoms with Crippen molar-refractivity contribution in [1.29, 1.82) is 0 Å². The second-order valence-corrected chi connectivity index (χ2v) is 7.48. The highest BCUT2D eigenvalue weighted by atomic mass is 32.1. The van der Waals surface area contributed by atoms with Crippen LogP contribution in [0.2, 0.25) is 0 Å². The number of amides is 2. The number of hydrogen-bond donors (Lipinski definition) is 3. The number of anilines is 2. The summed E-state index contributed by atoms with van der Waals surface area (Å²) in [4.78, 5) is 24.1. The molecule has 0 bridgehead atoms. The summed E-state index contributed by atoms with van der Waals surface area (Å²) in [5, 5.41) is 10.8. The van der Waals surface area contributed by atoms with Crippen LogP contribution in [0, 0.1) is 5.92 Å². The number of nitrogens with one attached hydrogen (secondary N) is 3. The summed E-state index contributed by atoms with van der Waals surface area (Å²) in [7, 11) is 0. The fourth-order valence-corrected chi connectivity index (χ4v) is 3.06. The number of benzene rings is 3. The van der Waals surface area contributed by atoms with Crippen molar-refractivity contribution in [2.24, 2.45) is 5.92 Å². The average Bonchev–Trinajstić information content (AvgIpc) is 2.72. The third-order valence-electron chi connectivity index (χ3n) is 4.39. The Labute approximate surface area is 181 Å². The minimum atomic E-state index is -0.329. The molecule has 3 N–H and O–H groups in total. The molecule has 152 valence electrons. The molecule has 0 saturated heterocycles. The van der Waals surface area contributed by atoms with E-state index in [0.717, 1.165) is 16.3 Å². The Morgan fingerprint density at radius 3 is 2.33 bits per heavy atom. The standard InChI is InChI=1S/C24H23N3O2S/c1-16(2)23(29)25-19-10-6-11-20(15-19)26-24(30)27-22(28)14-13-18-9-5-8-17-7-3-4-12-21(17)18/h3-16H,1-2H3,(H,25,29)(H2,26,27,28,30)/b14-13+. The zero-order valence-electron chi connectivity index (χ0n) is 16.8. The highest BCUT2D eigenvalue weighted by Crippen LogP contribution is 2.19. The molecule has 0 atom stereocenters. The van der Waals surface area contributed by atoms with Crippen molar-refractivity contribution < 1.29 is 9.59 Å². The van der Waals surface area contributed by atoms with Gasteiger partial charge in [0.2, 0.25) is 11.8 Å². The lowest BCUT2D eigenvalue weighted by molar-refractivity contribution is -0.119. The molecule has 3 aromatic rings. The Morgan fingerprint density at radius 2 is 1.57 bits per heavy atom. The van der Waals surface area contributed by atoms with Crippen LogP contribution in [0.1, 0.15) is 19.4 Å². The molecule has 3 aromatic carbocycles. The highest BCUT2D eigenvalue weighted by Gasteiger charge is 2.08. The summed E-state index contributed by atoms with van der Waals surface area (Å²) >= 11 is 5.23. The SMILES string of the molecule is CC(C)C(=O)Nc1cccc(NC(=S)NC(=O)/C=C/c2cccc3ccccc23)c1. The zero-order chi connectivity index (χ0) is 21.5. The zero-order valence-corrected chi connectivity index (χ0v) is 17.6. The minimum Gasteiger partial charge on any atom is -0.332 e. The van der Waals surface area contributed by atoms with E-state index in [0.29, 0.717) is 11.4 Å². The summed E-state index contributed by atoms with van der Waals surface area (Å²) in [5.41, 5.74) is 2.28. The molecule has 0 heterocycles. The molecule has 0 aromatic heterocycles. The molecule has 0 radical (unpaired) electrons. The van der Waals surface area contributed by atoms with Crippen LogP contribution in [0.3, 0.4) is 0 Å². The third kappa shape index (κ3) is 5.75. The highest BCUT2D eigenvalue weighted by molar-refractivity contribution is 7.80. The predicted molar refractivity (Wildman–Crippen MR) is 127 cm³/mol. The van der Waals surface area contributed by atoms with Crippen LogP contribution in [0.15, 0.2) is 72.8 Å². The Bertz CT molecular complexity index is 1120. The van der Waals surface area contributed by atoms with Gasteiger partial charge in [0, 0.05) is 23.4 Å². The topological polar surface area (TPSA) is 70.2 Å². The molecule has 0 saturated carbocycles. The number of carbonyl (C=O) groups excluding carboxylic acids is 2. The molecule has 0 aliphatic carbocycles. The molecule has 0 fully saturated rings. The number of hydrogen-bond acceptors (Lipinski definition) is 3. The quantitative estimate of drug-likeness (QED) is 0.405. The molecular formula is C24H23N3O2S. The van der Waals surface area contributed by atoms with Gasteiger partial charge < -0.3 is 10.6 Å². The van der Waals surface area contributed by atoms with E-state index in [1.54, 1.807) is 30.3 Å². The maximum Gasteiger partial charge on any atom is 0.250 e. The van der Waals surface area contributed by atoms with Gasteiger partial charge in [0.05, 0.1) is 0 Å². The predicted octanol–water partition coefficient (Wildman–Crippen LogP) is 4.96. The number of fused-ring (bicyclic) bond motifs is 1. The summed E-state index contributed by atoms with van der Waals surface area (Å²) in [5.74, 6) is -0.512. The van der Waals surface area contributed by atoms with E-state index >= 15 is 0 Å². The van der Waals surface area contributed by atoms with Gasteiger partial charge in [0.1, 0.15) is 0 Å². The van der Waals surface area contributed by atoms with Crippen molar-refractivity contribution in [2.45, 2.75) is 13.8 Å². The van der Waals surface area contributed by atoms with Gasteiger partial charge in [0.15, 0.2) is 5.11 Å². The Morgan fingerprint density at radius 1 is 0.900 bits per heavy atom. The number of carbonyl (C=O) groups is 2. The van der Waals surface area contributed by atoms with Crippen molar-refractivity contribution >= 4 is 57.4 Å². The van der Waals surface area contributed by atoms with E-state index in [1.807, 2.05) is 56.3 Å². The fraction of sp³-hybridized carbons (Fsp3) is 0.125. The normalized spacial score (nSPS) is 10.9. The molecule has 6 heteroatoms. The van der Waals surface area contributed by atoms with Crippen molar-refractivity contribution in [2.75, 3.05) is 10.6 Å². The van der Waals surface area contributed by atoms with Crippen LogP contribution in [-0.4, -0.2) is 16.9 Å². The monoisotopic (exact) mass is 417 g/mol. The number of thiocarbonyl (C=S) groups is 1. The summed E-state index contributed by atoms with van der Waals surface area (Å²) < 4.78 is 0. The molecule has 0 unspecified atom stereocenters. The van der Waals surface area contributed by atoms with E-state index < -0.39 is 0 Å². The first-order valence-electron chi connectivity index (χ1n) is 9.61. The lowest BCUT2D eigenvalue weighted by atomic mass is 10.0. The van der Waals surface area contributed by atoms with Gasteiger partial charge >= 0.3 is 0 Å². The van der Waals surface area contributed by atoms with Crippen molar-refractivity contribution in [3.05, 3.63) is 78.4 Å². The minimum absolute atomic E-state index is 0.0680. The van der Waals surface area contributed by atoms with E-state index in [1.165, 1.54) is 6.08 Å². The van der Waals surface area contributed by atoms with Crippen LogP contribution in [0.5, 0.6) is 0 Å². The first-order chi connectivity index (χ1) is 14.4. The second-order valence-electron chi connectivity index (χ2n) is 7.07. The molecule has 5 nitrogen and oxygen atoms in total.